The van der Waals surface area contributed by atoms with Crippen molar-refractivity contribution < 1.29 is 23.1 Å². The van der Waals surface area contributed by atoms with Crippen LogP contribution in [0, 0.1) is 0 Å². The van der Waals surface area contributed by atoms with Crippen LogP contribution in [0.4, 0.5) is 24.8 Å². The first-order chi connectivity index (χ1) is 13.3. The second-order valence-electron chi connectivity index (χ2n) is 7.06. The Bertz CT molecular complexity index is 855. The zero-order valence-corrected chi connectivity index (χ0v) is 14.9. The predicted molar refractivity (Wildman–Crippen MR) is 95.8 cm³/mol. The molecular weight excluding hydrogens is 373 g/mol. The topological polar surface area (TPSA) is 69.6 Å². The van der Waals surface area contributed by atoms with E-state index < -0.39 is 17.8 Å². The van der Waals surface area contributed by atoms with Crippen LogP contribution in [0.15, 0.2) is 36.7 Å². The Balaban J connectivity index is 1.57. The van der Waals surface area contributed by atoms with Gasteiger partial charge in [-0.05, 0) is 30.5 Å². The minimum Gasteiger partial charge on any atom is -0.391 e. The predicted octanol–water partition coefficient (Wildman–Crippen LogP) is 2.93. The molecule has 2 saturated heterocycles. The van der Waals surface area contributed by atoms with Gasteiger partial charge < -0.3 is 10.0 Å². The first-order valence-electron chi connectivity index (χ1n) is 9.07. The minimum absolute atomic E-state index is 0.0151. The average Bonchev–Trinajstić information content (AvgIpc) is 3.27. The maximum atomic E-state index is 12.8. The maximum absolute atomic E-state index is 12.8. The Hall–Kier alpha value is -2.68. The van der Waals surface area contributed by atoms with Gasteiger partial charge in [-0.2, -0.15) is 13.2 Å². The summed E-state index contributed by atoms with van der Waals surface area (Å²) in [5.74, 6) is 1.01. The molecule has 1 amide bonds. The molecule has 2 unspecified atom stereocenters. The van der Waals surface area contributed by atoms with Crippen molar-refractivity contribution in [3.63, 3.8) is 0 Å². The summed E-state index contributed by atoms with van der Waals surface area (Å²) in [6.07, 6.45) is -0.271. The number of aliphatic hydroxyl groups excluding tert-OH is 1. The van der Waals surface area contributed by atoms with E-state index in [-0.39, 0.29) is 11.9 Å². The number of aliphatic hydroxyl groups is 1. The second kappa shape index (κ2) is 7.05. The number of aromatic nitrogens is 2. The van der Waals surface area contributed by atoms with Gasteiger partial charge in [-0.15, -0.1) is 0 Å². The number of hydrogen-bond donors (Lipinski definition) is 1. The number of carbonyl (C=O) groups excluding carboxylic acids is 1. The molecule has 2 fully saturated rings. The molecule has 1 aromatic heterocycles. The van der Waals surface area contributed by atoms with Crippen molar-refractivity contribution in [3.8, 4) is 0 Å². The first kappa shape index (κ1) is 18.7. The molecule has 9 heteroatoms. The van der Waals surface area contributed by atoms with Crippen molar-refractivity contribution in [2.75, 3.05) is 22.9 Å². The fraction of sp³-hybridized carbons (Fsp3) is 0.421. The van der Waals surface area contributed by atoms with Gasteiger partial charge in [0.2, 0.25) is 5.91 Å². The van der Waals surface area contributed by atoms with Crippen LogP contribution in [0.2, 0.25) is 0 Å². The van der Waals surface area contributed by atoms with Gasteiger partial charge in [0.1, 0.15) is 5.82 Å². The lowest BCUT2D eigenvalue weighted by molar-refractivity contribution is -0.137. The number of rotatable bonds is 3. The van der Waals surface area contributed by atoms with Gasteiger partial charge in [0.25, 0.3) is 0 Å². The van der Waals surface area contributed by atoms with Gasteiger partial charge in [0, 0.05) is 19.5 Å². The van der Waals surface area contributed by atoms with Crippen molar-refractivity contribution >= 4 is 17.5 Å². The lowest BCUT2D eigenvalue weighted by Gasteiger charge is -2.26. The van der Waals surface area contributed by atoms with Crippen molar-refractivity contribution in [2.45, 2.75) is 37.6 Å². The highest BCUT2D eigenvalue weighted by atomic mass is 19.4. The summed E-state index contributed by atoms with van der Waals surface area (Å²) in [6, 6.07) is 4.66. The quantitative estimate of drug-likeness (QED) is 0.870. The van der Waals surface area contributed by atoms with E-state index in [1.807, 2.05) is 4.90 Å². The summed E-state index contributed by atoms with van der Waals surface area (Å²) in [6.45, 7) is 0.922. The number of carbonyl (C=O) groups is 1. The number of hydrogen-bond acceptors (Lipinski definition) is 5. The number of β-amino-alcohol motifs (C(OH)–C–C–N with tert-alkyl or cyclic N) is 1. The number of anilines is 2. The number of amides is 1. The third kappa shape index (κ3) is 3.54. The fourth-order valence-corrected chi connectivity index (χ4v) is 3.77. The van der Waals surface area contributed by atoms with E-state index in [1.165, 1.54) is 24.5 Å². The van der Waals surface area contributed by atoms with Crippen LogP contribution >= 0.6 is 0 Å². The largest absolute Gasteiger partial charge is 0.416 e. The third-order valence-corrected chi connectivity index (χ3v) is 5.17. The molecule has 2 aliphatic heterocycles. The zero-order valence-electron chi connectivity index (χ0n) is 14.9. The molecule has 2 aromatic rings. The molecule has 1 aromatic carbocycles. The van der Waals surface area contributed by atoms with E-state index in [9.17, 15) is 23.1 Å². The molecular formula is C19H19F3N4O2. The van der Waals surface area contributed by atoms with Gasteiger partial charge in [-0.25, -0.2) is 9.97 Å². The van der Waals surface area contributed by atoms with Crippen LogP contribution in [0.25, 0.3) is 0 Å². The lowest BCUT2D eigenvalue weighted by atomic mass is 10.0. The van der Waals surface area contributed by atoms with Gasteiger partial charge in [-0.1, -0.05) is 12.1 Å². The first-order valence-corrected chi connectivity index (χ1v) is 9.07. The van der Waals surface area contributed by atoms with Crippen LogP contribution in [0.3, 0.4) is 0 Å². The Morgan fingerprint density at radius 3 is 2.32 bits per heavy atom. The normalized spacial score (nSPS) is 22.9. The average molecular weight is 392 g/mol. The molecule has 148 valence electrons. The number of alkyl halides is 3. The fourth-order valence-electron chi connectivity index (χ4n) is 3.77. The molecule has 0 spiro atoms. The van der Waals surface area contributed by atoms with Crippen LogP contribution in [0.5, 0.6) is 0 Å². The molecule has 4 rings (SSSR count). The highest BCUT2D eigenvalue weighted by Crippen LogP contribution is 2.37. The van der Waals surface area contributed by atoms with E-state index in [4.69, 9.17) is 0 Å². The molecule has 2 atom stereocenters. The highest BCUT2D eigenvalue weighted by Gasteiger charge is 2.35. The zero-order chi connectivity index (χ0) is 19.9. The number of halogens is 3. The second-order valence-corrected chi connectivity index (χ2v) is 7.06. The summed E-state index contributed by atoms with van der Waals surface area (Å²) in [4.78, 5) is 24.0. The standard InChI is InChI=1S/C19H19F3N4O2/c20-19(21,22)13-5-3-12(4-6-13)15-8-14(27)11-26(15)17-10-23-16(9-24-17)25-7-1-2-18(25)28/h3-6,9-10,14-15,27H,1-2,7-8,11H2. The van der Waals surface area contributed by atoms with E-state index in [2.05, 4.69) is 9.97 Å². The monoisotopic (exact) mass is 392 g/mol. The summed E-state index contributed by atoms with van der Waals surface area (Å²) in [5, 5.41) is 10.1. The summed E-state index contributed by atoms with van der Waals surface area (Å²) in [5.41, 5.74) is -0.0362. The van der Waals surface area contributed by atoms with Gasteiger partial charge >= 0.3 is 6.18 Å². The van der Waals surface area contributed by atoms with Gasteiger partial charge in [0.05, 0.1) is 30.1 Å². The third-order valence-electron chi connectivity index (χ3n) is 5.17. The van der Waals surface area contributed by atoms with Crippen molar-refractivity contribution in [1.82, 2.24) is 9.97 Å². The van der Waals surface area contributed by atoms with Crippen LogP contribution in [0.1, 0.15) is 36.4 Å². The molecule has 1 N–H and O–H groups in total. The molecule has 28 heavy (non-hydrogen) atoms. The number of benzene rings is 1. The van der Waals surface area contributed by atoms with Crippen LogP contribution in [-0.4, -0.2) is 40.2 Å². The smallest absolute Gasteiger partial charge is 0.391 e. The number of nitrogens with zero attached hydrogens (tertiary/aromatic N) is 4. The van der Waals surface area contributed by atoms with E-state index >= 15 is 0 Å². The highest BCUT2D eigenvalue weighted by molar-refractivity contribution is 5.94. The minimum atomic E-state index is -4.39. The lowest BCUT2D eigenvalue weighted by Crippen LogP contribution is -2.27. The molecule has 0 aliphatic carbocycles. The summed E-state index contributed by atoms with van der Waals surface area (Å²) < 4.78 is 38.4. The van der Waals surface area contributed by atoms with Crippen LogP contribution in [-0.2, 0) is 11.0 Å². The molecule has 0 radical (unpaired) electrons. The molecule has 2 aliphatic rings. The Morgan fingerprint density at radius 2 is 1.75 bits per heavy atom. The van der Waals surface area contributed by atoms with Crippen molar-refractivity contribution in [3.05, 3.63) is 47.8 Å². The molecule has 0 bridgehead atoms. The van der Waals surface area contributed by atoms with E-state index in [1.54, 1.807) is 4.90 Å². The van der Waals surface area contributed by atoms with Gasteiger partial charge in [-0.3, -0.25) is 9.69 Å². The molecule has 6 nitrogen and oxygen atoms in total. The van der Waals surface area contributed by atoms with E-state index in [0.717, 1.165) is 18.6 Å². The van der Waals surface area contributed by atoms with Gasteiger partial charge in [0.15, 0.2) is 5.82 Å². The van der Waals surface area contributed by atoms with Crippen molar-refractivity contribution in [2.24, 2.45) is 0 Å². The Morgan fingerprint density at radius 1 is 1.07 bits per heavy atom. The molecule has 3 heterocycles. The summed E-state index contributed by atoms with van der Waals surface area (Å²) in [7, 11) is 0. The molecule has 0 saturated carbocycles. The van der Waals surface area contributed by atoms with Crippen LogP contribution < -0.4 is 9.80 Å². The Kier molecular flexibility index (Phi) is 4.70. The maximum Gasteiger partial charge on any atom is 0.416 e. The summed E-state index contributed by atoms with van der Waals surface area (Å²) >= 11 is 0. The Labute approximate surface area is 159 Å². The van der Waals surface area contributed by atoms with E-state index in [0.29, 0.717) is 43.1 Å². The SMILES string of the molecule is O=C1CCCN1c1cnc(N2CC(O)CC2c2ccc(C(F)(F)F)cc2)cn1. The van der Waals surface area contributed by atoms with Crippen molar-refractivity contribution in [1.29, 1.82) is 0 Å².